The van der Waals surface area contributed by atoms with Crippen molar-refractivity contribution in [2.75, 3.05) is 0 Å². The molecule has 0 saturated carbocycles. The van der Waals surface area contributed by atoms with Crippen LogP contribution in [0, 0.1) is 5.41 Å². The molecule has 5 nitrogen and oxygen atoms in total. The summed E-state index contributed by atoms with van der Waals surface area (Å²) in [5, 5.41) is 9.94. The molecule has 0 aromatic rings. The Morgan fingerprint density at radius 2 is 1.61 bits per heavy atom. The molecule has 0 aromatic heterocycles. The number of hydrogen-bond acceptors (Lipinski definition) is 3. The molecule has 1 unspecified atom stereocenters. The van der Waals surface area contributed by atoms with Crippen molar-refractivity contribution in [3.05, 3.63) is 0 Å². The van der Waals surface area contributed by atoms with Crippen LogP contribution in [0.2, 0.25) is 0 Å². The lowest BCUT2D eigenvalue weighted by atomic mass is 9.87. The van der Waals surface area contributed by atoms with Crippen molar-refractivity contribution in [3.8, 4) is 0 Å². The largest absolute Gasteiger partial charge is 0.480 e. The summed E-state index contributed by atoms with van der Waals surface area (Å²) in [5.41, 5.74) is -0.892. The molecule has 0 fully saturated rings. The van der Waals surface area contributed by atoms with Crippen LogP contribution in [0.5, 0.6) is 0 Å². The van der Waals surface area contributed by atoms with E-state index in [9.17, 15) is 27.6 Å². The van der Waals surface area contributed by atoms with E-state index in [0.717, 1.165) is 0 Å². The fourth-order valence-electron chi connectivity index (χ4n) is 0.932. The van der Waals surface area contributed by atoms with Crippen molar-refractivity contribution in [1.82, 2.24) is 5.32 Å². The van der Waals surface area contributed by atoms with Crippen molar-refractivity contribution in [2.45, 2.75) is 39.4 Å². The number of carbonyl (C=O) groups is 3. The average molecular weight is 269 g/mol. The van der Waals surface area contributed by atoms with Gasteiger partial charge in [-0.1, -0.05) is 20.8 Å². The molecule has 0 rings (SSSR count). The third kappa shape index (κ3) is 5.15. The van der Waals surface area contributed by atoms with Crippen LogP contribution >= 0.6 is 0 Å². The number of halogens is 3. The Labute approximate surface area is 101 Å². The predicted octanol–water partition coefficient (Wildman–Crippen LogP) is 1.12. The zero-order valence-corrected chi connectivity index (χ0v) is 10.1. The highest BCUT2D eigenvalue weighted by atomic mass is 19.4. The topological polar surface area (TPSA) is 83.5 Å². The second-order valence-corrected chi connectivity index (χ2v) is 4.74. The molecule has 0 aromatic carbocycles. The molecule has 0 spiro atoms. The third-order valence-electron chi connectivity index (χ3n) is 2.09. The Balaban J connectivity index is 4.77. The maximum Gasteiger partial charge on any atom is 0.471 e. The van der Waals surface area contributed by atoms with E-state index >= 15 is 0 Å². The molecule has 0 saturated heterocycles. The number of carbonyl (C=O) groups excluding carboxylic acids is 2. The maximum absolute atomic E-state index is 12.0. The number of amides is 1. The highest BCUT2D eigenvalue weighted by Gasteiger charge is 2.41. The van der Waals surface area contributed by atoms with Gasteiger partial charge >= 0.3 is 18.1 Å². The Hall–Kier alpha value is -1.60. The Bertz CT molecular complexity index is 329. The van der Waals surface area contributed by atoms with Gasteiger partial charge in [0.05, 0.1) is 0 Å². The number of aliphatic carboxylic acids is 1. The van der Waals surface area contributed by atoms with Crippen LogP contribution in [0.25, 0.3) is 0 Å². The molecule has 0 aliphatic heterocycles. The molecule has 0 heterocycles. The summed E-state index contributed by atoms with van der Waals surface area (Å²) >= 11 is 0. The number of rotatable bonds is 4. The molecule has 0 aliphatic rings. The van der Waals surface area contributed by atoms with Crippen LogP contribution in [-0.2, 0) is 14.4 Å². The summed E-state index contributed by atoms with van der Waals surface area (Å²) in [5.74, 6) is -4.63. The Morgan fingerprint density at radius 1 is 1.17 bits per heavy atom. The number of nitrogens with one attached hydrogen (secondary N) is 1. The standard InChI is InChI=1S/C10H14F3NO4/c1-9(2,3)6(15)4-5(7(16)17)14-8(18)10(11,12)13/h5H,4H2,1-3H3,(H,14,18)(H,16,17). The van der Waals surface area contributed by atoms with E-state index in [0.29, 0.717) is 0 Å². The van der Waals surface area contributed by atoms with E-state index < -0.39 is 41.7 Å². The van der Waals surface area contributed by atoms with Gasteiger partial charge in [-0.15, -0.1) is 0 Å². The van der Waals surface area contributed by atoms with Crippen LogP contribution in [0.3, 0.4) is 0 Å². The molecule has 8 heteroatoms. The quantitative estimate of drug-likeness (QED) is 0.801. The molecule has 0 radical (unpaired) electrons. The lowest BCUT2D eigenvalue weighted by Crippen LogP contribution is -2.48. The molecule has 0 bridgehead atoms. The summed E-state index contributed by atoms with van der Waals surface area (Å²) in [4.78, 5) is 32.8. The van der Waals surface area contributed by atoms with Crippen LogP contribution < -0.4 is 5.32 Å². The van der Waals surface area contributed by atoms with E-state index in [2.05, 4.69) is 0 Å². The maximum atomic E-state index is 12.0. The summed E-state index contributed by atoms with van der Waals surface area (Å²) < 4.78 is 35.9. The zero-order chi connectivity index (χ0) is 14.7. The van der Waals surface area contributed by atoms with Crippen molar-refractivity contribution in [1.29, 1.82) is 0 Å². The van der Waals surface area contributed by atoms with E-state index in [1.54, 1.807) is 0 Å². The van der Waals surface area contributed by atoms with Gasteiger partial charge in [-0.25, -0.2) is 4.79 Å². The van der Waals surface area contributed by atoms with E-state index in [1.807, 2.05) is 0 Å². The van der Waals surface area contributed by atoms with Crippen LogP contribution in [0.15, 0.2) is 0 Å². The normalized spacial score (nSPS) is 13.9. The van der Waals surface area contributed by atoms with Gasteiger partial charge in [0.25, 0.3) is 0 Å². The van der Waals surface area contributed by atoms with Crippen LogP contribution in [0.1, 0.15) is 27.2 Å². The Kier molecular flexibility index (Phi) is 4.89. The fourth-order valence-corrected chi connectivity index (χ4v) is 0.932. The van der Waals surface area contributed by atoms with Gasteiger partial charge in [0, 0.05) is 11.8 Å². The zero-order valence-electron chi connectivity index (χ0n) is 10.1. The van der Waals surface area contributed by atoms with Gasteiger partial charge in [0.2, 0.25) is 0 Å². The molecule has 0 aliphatic carbocycles. The minimum atomic E-state index is -5.18. The second-order valence-electron chi connectivity index (χ2n) is 4.74. The van der Waals surface area contributed by atoms with Gasteiger partial charge in [-0.3, -0.25) is 9.59 Å². The van der Waals surface area contributed by atoms with Crippen molar-refractivity contribution < 1.29 is 32.7 Å². The number of carboxylic acids is 1. The van der Waals surface area contributed by atoms with Gasteiger partial charge in [0.1, 0.15) is 11.8 Å². The van der Waals surface area contributed by atoms with E-state index in [1.165, 1.54) is 26.1 Å². The fraction of sp³-hybridized carbons (Fsp3) is 0.700. The summed E-state index contributed by atoms with van der Waals surface area (Å²) in [6, 6.07) is -1.88. The lowest BCUT2D eigenvalue weighted by molar-refractivity contribution is -0.175. The molecular weight excluding hydrogens is 255 g/mol. The van der Waals surface area contributed by atoms with Crippen molar-refractivity contribution in [2.24, 2.45) is 5.41 Å². The van der Waals surface area contributed by atoms with Crippen LogP contribution in [-0.4, -0.2) is 35.0 Å². The summed E-state index contributed by atoms with van der Waals surface area (Å²) in [6.07, 6.45) is -5.88. The molecule has 2 N–H and O–H groups in total. The van der Waals surface area contributed by atoms with Gasteiger partial charge < -0.3 is 10.4 Å². The second kappa shape index (κ2) is 5.36. The molecule has 18 heavy (non-hydrogen) atoms. The number of Topliss-reactive ketones (excluding diaryl/α,β-unsaturated/α-hetero) is 1. The van der Waals surface area contributed by atoms with Gasteiger partial charge in [-0.05, 0) is 0 Å². The lowest BCUT2D eigenvalue weighted by Gasteiger charge is -2.20. The first-order valence-electron chi connectivity index (χ1n) is 4.99. The Morgan fingerprint density at radius 3 is 1.89 bits per heavy atom. The van der Waals surface area contributed by atoms with Crippen molar-refractivity contribution in [3.63, 3.8) is 0 Å². The third-order valence-corrected chi connectivity index (χ3v) is 2.09. The van der Waals surface area contributed by atoms with Crippen LogP contribution in [0.4, 0.5) is 13.2 Å². The predicted molar refractivity (Wildman–Crippen MR) is 54.7 cm³/mol. The first-order chi connectivity index (χ1) is 7.85. The molecular formula is C10H14F3NO4. The number of ketones is 1. The SMILES string of the molecule is CC(C)(C)C(=O)CC(NC(=O)C(F)(F)F)C(=O)O. The monoisotopic (exact) mass is 269 g/mol. The minimum absolute atomic E-state index is 0.558. The molecule has 104 valence electrons. The van der Waals surface area contributed by atoms with E-state index in [4.69, 9.17) is 5.11 Å². The minimum Gasteiger partial charge on any atom is -0.480 e. The van der Waals surface area contributed by atoms with Crippen molar-refractivity contribution >= 4 is 17.7 Å². The number of hydrogen-bond donors (Lipinski definition) is 2. The summed E-state index contributed by atoms with van der Waals surface area (Å²) in [7, 11) is 0. The number of carboxylic acid groups (broad SMARTS) is 1. The highest BCUT2D eigenvalue weighted by Crippen LogP contribution is 2.19. The average Bonchev–Trinajstić information content (AvgIpc) is 2.12. The van der Waals surface area contributed by atoms with Gasteiger partial charge in [0.15, 0.2) is 0 Å². The van der Waals surface area contributed by atoms with E-state index in [-0.39, 0.29) is 0 Å². The number of alkyl halides is 3. The first-order valence-corrected chi connectivity index (χ1v) is 4.99. The highest BCUT2D eigenvalue weighted by molar-refractivity contribution is 5.92. The smallest absolute Gasteiger partial charge is 0.471 e. The molecule has 1 atom stereocenters. The summed E-state index contributed by atoms with van der Waals surface area (Å²) in [6.45, 7) is 4.50. The first kappa shape index (κ1) is 16.4. The van der Waals surface area contributed by atoms with Gasteiger partial charge in [-0.2, -0.15) is 13.2 Å². The molecule has 1 amide bonds.